The number of hydrogen-bond acceptors (Lipinski definition) is 2. The predicted molar refractivity (Wildman–Crippen MR) is 56.1 cm³/mol. The van der Waals surface area contributed by atoms with Gasteiger partial charge in [0.1, 0.15) is 0 Å². The molecule has 0 aliphatic rings. The summed E-state index contributed by atoms with van der Waals surface area (Å²) in [5.41, 5.74) is -0.775. The van der Waals surface area contributed by atoms with Crippen LogP contribution in [0.3, 0.4) is 0 Å². The summed E-state index contributed by atoms with van der Waals surface area (Å²) in [4.78, 5) is 3.75. The Morgan fingerprint density at radius 3 is 2.44 bits per heavy atom. The number of rotatable bonds is 3. The number of nitrogens with zero attached hydrogens (tertiary/aromatic N) is 1. The van der Waals surface area contributed by atoms with Gasteiger partial charge in [0, 0.05) is 17.9 Å². The molecule has 0 aliphatic carbocycles. The van der Waals surface area contributed by atoms with E-state index < -0.39 is 11.7 Å². The molecule has 5 heteroatoms. The Morgan fingerprint density at radius 2 is 1.94 bits per heavy atom. The largest absolute Gasteiger partial charge is 0.416 e. The summed E-state index contributed by atoms with van der Waals surface area (Å²) in [5, 5.41) is 2.97. The molecule has 0 atom stereocenters. The third-order valence-corrected chi connectivity index (χ3v) is 2.52. The van der Waals surface area contributed by atoms with Crippen molar-refractivity contribution in [3.63, 3.8) is 0 Å². The standard InChI is InChI=1S/C11H15F3N2/c1-10(2,15-3)6-8-7-16-5-4-9(8)11(12,13)14/h4-5,7,15H,6H2,1-3H3. The molecule has 0 fully saturated rings. The van der Waals surface area contributed by atoms with Crippen molar-refractivity contribution in [2.24, 2.45) is 0 Å². The van der Waals surface area contributed by atoms with E-state index in [0.717, 1.165) is 6.07 Å². The molecule has 0 amide bonds. The second kappa shape index (κ2) is 4.41. The first kappa shape index (κ1) is 13.0. The number of alkyl halides is 3. The Hall–Kier alpha value is -1.10. The van der Waals surface area contributed by atoms with Crippen molar-refractivity contribution in [1.82, 2.24) is 10.3 Å². The van der Waals surface area contributed by atoms with Gasteiger partial charge in [-0.25, -0.2) is 0 Å². The summed E-state index contributed by atoms with van der Waals surface area (Å²) in [7, 11) is 1.73. The van der Waals surface area contributed by atoms with Crippen LogP contribution in [0.25, 0.3) is 0 Å². The van der Waals surface area contributed by atoms with E-state index in [9.17, 15) is 13.2 Å². The minimum atomic E-state index is -4.32. The zero-order valence-electron chi connectivity index (χ0n) is 9.52. The highest BCUT2D eigenvalue weighted by Gasteiger charge is 2.34. The minimum Gasteiger partial charge on any atom is -0.314 e. The molecule has 0 aromatic carbocycles. The van der Waals surface area contributed by atoms with Crippen molar-refractivity contribution in [2.75, 3.05) is 7.05 Å². The summed E-state index contributed by atoms with van der Waals surface area (Å²) >= 11 is 0. The highest BCUT2D eigenvalue weighted by molar-refractivity contribution is 5.27. The summed E-state index contributed by atoms with van der Waals surface area (Å²) < 4.78 is 38.0. The lowest BCUT2D eigenvalue weighted by Crippen LogP contribution is -2.38. The maximum atomic E-state index is 12.7. The van der Waals surface area contributed by atoms with Crippen LogP contribution in [0.4, 0.5) is 13.2 Å². The Balaban J connectivity index is 3.06. The fraction of sp³-hybridized carbons (Fsp3) is 0.545. The van der Waals surface area contributed by atoms with Crippen molar-refractivity contribution in [3.8, 4) is 0 Å². The Kier molecular flexibility index (Phi) is 3.57. The Bertz CT molecular complexity index is 358. The van der Waals surface area contributed by atoms with Crippen LogP contribution >= 0.6 is 0 Å². The van der Waals surface area contributed by atoms with Gasteiger partial charge in [-0.3, -0.25) is 4.98 Å². The molecule has 1 N–H and O–H groups in total. The molecule has 0 aliphatic heterocycles. The molecular formula is C11H15F3N2. The monoisotopic (exact) mass is 232 g/mol. The predicted octanol–water partition coefficient (Wildman–Crippen LogP) is 2.64. The van der Waals surface area contributed by atoms with Gasteiger partial charge < -0.3 is 5.32 Å². The normalized spacial score (nSPS) is 12.9. The first-order valence-electron chi connectivity index (χ1n) is 4.95. The van der Waals surface area contributed by atoms with Gasteiger partial charge in [0.25, 0.3) is 0 Å². The van der Waals surface area contributed by atoms with Gasteiger partial charge in [0.05, 0.1) is 5.56 Å². The SMILES string of the molecule is CNC(C)(C)Cc1cnccc1C(F)(F)F. The zero-order chi connectivity index (χ0) is 12.4. The number of nitrogens with one attached hydrogen (secondary N) is 1. The third kappa shape index (κ3) is 3.20. The van der Waals surface area contributed by atoms with Gasteiger partial charge in [0.15, 0.2) is 0 Å². The van der Waals surface area contributed by atoms with E-state index in [-0.39, 0.29) is 17.5 Å². The number of pyridine rings is 1. The van der Waals surface area contributed by atoms with E-state index in [1.165, 1.54) is 12.4 Å². The topological polar surface area (TPSA) is 24.9 Å². The van der Waals surface area contributed by atoms with E-state index >= 15 is 0 Å². The number of aromatic nitrogens is 1. The van der Waals surface area contributed by atoms with Gasteiger partial charge in [-0.2, -0.15) is 13.2 Å². The van der Waals surface area contributed by atoms with Gasteiger partial charge in [-0.15, -0.1) is 0 Å². The molecular weight excluding hydrogens is 217 g/mol. The molecule has 1 heterocycles. The lowest BCUT2D eigenvalue weighted by Gasteiger charge is -2.25. The number of hydrogen-bond donors (Lipinski definition) is 1. The maximum Gasteiger partial charge on any atom is 0.416 e. The highest BCUT2D eigenvalue weighted by Crippen LogP contribution is 2.32. The van der Waals surface area contributed by atoms with Crippen LogP contribution in [-0.4, -0.2) is 17.6 Å². The fourth-order valence-electron chi connectivity index (χ4n) is 1.41. The second-order valence-corrected chi connectivity index (χ2v) is 4.34. The molecule has 0 spiro atoms. The first-order valence-corrected chi connectivity index (χ1v) is 4.95. The molecule has 1 rings (SSSR count). The van der Waals surface area contributed by atoms with Crippen molar-refractivity contribution >= 4 is 0 Å². The highest BCUT2D eigenvalue weighted by atomic mass is 19.4. The summed E-state index contributed by atoms with van der Waals surface area (Å²) in [6, 6.07) is 1.01. The van der Waals surface area contributed by atoms with Crippen molar-refractivity contribution in [2.45, 2.75) is 32.0 Å². The summed E-state index contributed by atoms with van der Waals surface area (Å²) in [6.45, 7) is 3.69. The molecule has 2 nitrogen and oxygen atoms in total. The van der Waals surface area contributed by atoms with Crippen LogP contribution < -0.4 is 5.32 Å². The van der Waals surface area contributed by atoms with E-state index in [4.69, 9.17) is 0 Å². The Labute approximate surface area is 92.9 Å². The van der Waals surface area contributed by atoms with Crippen molar-refractivity contribution in [1.29, 1.82) is 0 Å². The van der Waals surface area contributed by atoms with Gasteiger partial charge in [-0.1, -0.05) is 0 Å². The number of likely N-dealkylation sites (N-methyl/N-ethyl adjacent to an activating group) is 1. The molecule has 1 aromatic heterocycles. The quantitative estimate of drug-likeness (QED) is 0.866. The maximum absolute atomic E-state index is 12.7. The smallest absolute Gasteiger partial charge is 0.314 e. The van der Waals surface area contributed by atoms with E-state index in [1.807, 2.05) is 13.8 Å². The van der Waals surface area contributed by atoms with Crippen molar-refractivity contribution in [3.05, 3.63) is 29.6 Å². The van der Waals surface area contributed by atoms with Crippen LogP contribution in [0.15, 0.2) is 18.5 Å². The molecule has 0 radical (unpaired) electrons. The van der Waals surface area contributed by atoms with Crippen LogP contribution in [0, 0.1) is 0 Å². The van der Waals surface area contributed by atoms with E-state index in [1.54, 1.807) is 7.05 Å². The lowest BCUT2D eigenvalue weighted by molar-refractivity contribution is -0.138. The molecule has 0 unspecified atom stereocenters. The van der Waals surface area contributed by atoms with Gasteiger partial charge >= 0.3 is 6.18 Å². The van der Waals surface area contributed by atoms with E-state index in [2.05, 4.69) is 10.3 Å². The van der Waals surface area contributed by atoms with E-state index in [0.29, 0.717) is 0 Å². The average molecular weight is 232 g/mol. The summed E-state index contributed by atoms with van der Waals surface area (Å²) in [5.74, 6) is 0. The molecule has 90 valence electrons. The van der Waals surface area contributed by atoms with Crippen LogP contribution in [0.5, 0.6) is 0 Å². The van der Waals surface area contributed by atoms with Crippen LogP contribution in [-0.2, 0) is 12.6 Å². The number of halogens is 3. The fourth-order valence-corrected chi connectivity index (χ4v) is 1.41. The van der Waals surface area contributed by atoms with Crippen molar-refractivity contribution < 1.29 is 13.2 Å². The first-order chi connectivity index (χ1) is 7.26. The average Bonchev–Trinajstić information content (AvgIpc) is 2.16. The van der Waals surface area contributed by atoms with Crippen LogP contribution in [0.2, 0.25) is 0 Å². The minimum absolute atomic E-state index is 0.217. The Morgan fingerprint density at radius 1 is 1.31 bits per heavy atom. The van der Waals surface area contributed by atoms with Gasteiger partial charge in [-0.05, 0) is 38.9 Å². The van der Waals surface area contributed by atoms with Gasteiger partial charge in [0.2, 0.25) is 0 Å². The molecule has 1 aromatic rings. The molecule has 0 bridgehead atoms. The second-order valence-electron chi connectivity index (χ2n) is 4.34. The molecule has 16 heavy (non-hydrogen) atoms. The third-order valence-electron chi connectivity index (χ3n) is 2.52. The molecule has 0 saturated heterocycles. The zero-order valence-corrected chi connectivity index (χ0v) is 9.52. The van der Waals surface area contributed by atoms with Crippen LogP contribution in [0.1, 0.15) is 25.0 Å². The summed E-state index contributed by atoms with van der Waals surface area (Å²) in [6.07, 6.45) is -1.59. The molecule has 0 saturated carbocycles. The lowest BCUT2D eigenvalue weighted by atomic mass is 9.93.